The van der Waals surface area contributed by atoms with Gasteiger partial charge in [0.05, 0.1) is 0 Å². The Balaban J connectivity index is 2.56. The first-order valence-corrected chi connectivity index (χ1v) is 6.33. The number of hydrogen-bond acceptors (Lipinski definition) is 3. The lowest BCUT2D eigenvalue weighted by Gasteiger charge is -2.14. The number of rotatable bonds is 7. The lowest BCUT2D eigenvalue weighted by Crippen LogP contribution is -2.42. The molecule has 0 aliphatic carbocycles. The van der Waals surface area contributed by atoms with Crippen molar-refractivity contribution >= 4 is 25.1 Å². The quantitative estimate of drug-likeness (QED) is 0.590. The molecule has 0 spiro atoms. The van der Waals surface area contributed by atoms with Gasteiger partial charge in [0.2, 0.25) is 5.91 Å². The Morgan fingerprint density at radius 2 is 1.90 bits per heavy atom. The molecule has 1 radical (unpaired) electrons. The summed E-state index contributed by atoms with van der Waals surface area (Å²) in [6.45, 7) is 3.98. The predicted octanol–water partition coefficient (Wildman–Crippen LogP) is 0.562. The predicted molar refractivity (Wildman–Crippen MR) is 73.2 cm³/mol. The van der Waals surface area contributed by atoms with Gasteiger partial charge in [0.1, 0.15) is 6.04 Å². The van der Waals surface area contributed by atoms with Crippen LogP contribution in [0.3, 0.4) is 0 Å². The highest BCUT2D eigenvalue weighted by molar-refractivity contribution is 6.62. The summed E-state index contributed by atoms with van der Waals surface area (Å²) in [7, 11) is 1.70. The van der Waals surface area contributed by atoms with E-state index in [0.29, 0.717) is 5.47 Å². The summed E-state index contributed by atoms with van der Waals surface area (Å²) < 4.78 is 0. The first-order chi connectivity index (χ1) is 9.31. The second-order valence-corrected chi connectivity index (χ2v) is 4.88. The average Bonchev–Trinajstić information content (AvgIpc) is 2.83. The molecule has 0 bridgehead atoms. The molecule has 20 heavy (non-hydrogen) atoms. The van der Waals surface area contributed by atoms with Crippen molar-refractivity contribution in [3.05, 3.63) is 23.1 Å². The second kappa shape index (κ2) is 6.93. The Bertz CT molecular complexity index is 481. The minimum absolute atomic E-state index is 0.145. The van der Waals surface area contributed by atoms with Gasteiger partial charge in [0.15, 0.2) is 7.28 Å². The molecule has 6 nitrogen and oxygen atoms in total. The first kappa shape index (κ1) is 16.0. The largest absolute Gasteiger partial charge is 0.481 e. The molecule has 1 aliphatic rings. The number of nitrogens with one attached hydrogen (secondary N) is 1. The Morgan fingerprint density at radius 1 is 1.25 bits per heavy atom. The van der Waals surface area contributed by atoms with E-state index in [9.17, 15) is 14.4 Å². The van der Waals surface area contributed by atoms with Crippen molar-refractivity contribution in [2.75, 3.05) is 0 Å². The molecule has 0 saturated carbocycles. The normalized spacial score (nSPS) is 15.2. The molecule has 1 heterocycles. The Morgan fingerprint density at radius 3 is 2.35 bits per heavy atom. The lowest BCUT2D eigenvalue weighted by molar-refractivity contribution is -0.142. The van der Waals surface area contributed by atoms with Crippen molar-refractivity contribution in [2.24, 2.45) is 5.92 Å². The van der Waals surface area contributed by atoms with Gasteiger partial charge >= 0.3 is 11.9 Å². The maximum atomic E-state index is 11.9. The third kappa shape index (κ3) is 4.57. The number of carboxylic acid groups (broad SMARTS) is 2. The first-order valence-electron chi connectivity index (χ1n) is 6.33. The summed E-state index contributed by atoms with van der Waals surface area (Å²) in [5, 5.41) is 19.9. The maximum Gasteiger partial charge on any atom is 0.326 e. The summed E-state index contributed by atoms with van der Waals surface area (Å²) in [4.78, 5) is 33.4. The minimum atomic E-state index is -1.24. The van der Waals surface area contributed by atoms with Crippen LogP contribution >= 0.6 is 0 Å². The van der Waals surface area contributed by atoms with E-state index in [4.69, 9.17) is 10.2 Å². The highest BCUT2D eigenvalue weighted by Crippen LogP contribution is 2.17. The summed E-state index contributed by atoms with van der Waals surface area (Å²) in [5.74, 6) is -2.57. The topological polar surface area (TPSA) is 104 Å². The number of amides is 1. The van der Waals surface area contributed by atoms with Crippen LogP contribution in [0.4, 0.5) is 0 Å². The Labute approximate surface area is 117 Å². The van der Waals surface area contributed by atoms with Crippen LogP contribution in [0.1, 0.15) is 26.7 Å². The molecule has 1 aliphatic heterocycles. The van der Waals surface area contributed by atoms with Crippen LogP contribution in [0.25, 0.3) is 0 Å². The molecule has 0 aromatic carbocycles. The van der Waals surface area contributed by atoms with Crippen molar-refractivity contribution in [3.8, 4) is 0 Å². The second-order valence-electron chi connectivity index (χ2n) is 4.88. The van der Waals surface area contributed by atoms with Gasteiger partial charge in [-0.3, -0.25) is 9.59 Å². The number of carbonyl (C=O) groups excluding carboxylic acids is 1. The van der Waals surface area contributed by atoms with Gasteiger partial charge in [-0.15, -0.1) is 0 Å². The van der Waals surface area contributed by atoms with E-state index in [0.717, 1.165) is 5.47 Å². The van der Waals surface area contributed by atoms with Crippen LogP contribution in [0.5, 0.6) is 0 Å². The van der Waals surface area contributed by atoms with E-state index < -0.39 is 23.9 Å². The van der Waals surface area contributed by atoms with E-state index in [2.05, 4.69) is 5.32 Å². The highest BCUT2D eigenvalue weighted by atomic mass is 16.4. The minimum Gasteiger partial charge on any atom is -0.481 e. The molecule has 7 heteroatoms. The molecule has 1 amide bonds. The number of hydrogen-bond donors (Lipinski definition) is 3. The van der Waals surface area contributed by atoms with Crippen LogP contribution in [-0.2, 0) is 14.4 Å². The standard InChI is InChI=1S/C13H17BNO5/c1-7(2)8-3-4-9(14-8)12(18)15-10(13(19)20)5-6-11(16)17/h3-4,7,10H,5-6H2,1-2H3,(H,15,18)(H,16,17)(H,19,20)/t10-/m0/s1. The maximum absolute atomic E-state index is 11.9. The molecule has 0 aromatic rings. The SMILES string of the molecule is CC(C)C1=CC=C(C(=O)N[C@@H](CCC(=O)O)C(=O)O)[B]1. The zero-order valence-corrected chi connectivity index (χ0v) is 11.4. The Hall–Kier alpha value is -2.05. The van der Waals surface area contributed by atoms with Gasteiger partial charge in [-0.05, 0) is 17.8 Å². The molecule has 107 valence electrons. The van der Waals surface area contributed by atoms with Crippen LogP contribution in [-0.4, -0.2) is 41.4 Å². The van der Waals surface area contributed by atoms with Crippen molar-refractivity contribution in [1.29, 1.82) is 0 Å². The van der Waals surface area contributed by atoms with E-state index in [1.807, 2.05) is 19.9 Å². The molecular weight excluding hydrogens is 261 g/mol. The third-order valence-corrected chi connectivity index (χ3v) is 2.96. The zero-order valence-electron chi connectivity index (χ0n) is 11.4. The molecule has 1 rings (SSSR count). The molecule has 0 saturated heterocycles. The molecule has 0 aromatic heterocycles. The van der Waals surface area contributed by atoms with Crippen LogP contribution in [0.15, 0.2) is 23.1 Å². The van der Waals surface area contributed by atoms with E-state index in [1.165, 1.54) is 0 Å². The summed E-state index contributed by atoms with van der Waals surface area (Å²) >= 11 is 0. The molecule has 0 fully saturated rings. The molecule has 3 N–H and O–H groups in total. The summed E-state index contributed by atoms with van der Waals surface area (Å²) in [6, 6.07) is -1.20. The molecule has 1 atom stereocenters. The zero-order chi connectivity index (χ0) is 15.3. The molecular formula is C13H17BNO5. The van der Waals surface area contributed by atoms with Gasteiger partial charge in [0, 0.05) is 6.42 Å². The van der Waals surface area contributed by atoms with Crippen molar-refractivity contribution in [2.45, 2.75) is 32.7 Å². The third-order valence-electron chi connectivity index (χ3n) is 2.96. The van der Waals surface area contributed by atoms with Gasteiger partial charge < -0.3 is 15.5 Å². The number of aliphatic carboxylic acids is 2. The number of allylic oxidation sites excluding steroid dienone is 3. The fourth-order valence-electron chi connectivity index (χ4n) is 1.73. The van der Waals surface area contributed by atoms with Gasteiger partial charge in [-0.2, -0.15) is 0 Å². The van der Waals surface area contributed by atoms with Crippen molar-refractivity contribution in [3.63, 3.8) is 0 Å². The summed E-state index contributed by atoms with van der Waals surface area (Å²) in [5.41, 5.74) is 1.38. The fraction of sp³-hybridized carbons (Fsp3) is 0.462. The summed E-state index contributed by atoms with van der Waals surface area (Å²) in [6.07, 6.45) is 2.98. The smallest absolute Gasteiger partial charge is 0.326 e. The highest BCUT2D eigenvalue weighted by Gasteiger charge is 2.24. The van der Waals surface area contributed by atoms with E-state index >= 15 is 0 Å². The van der Waals surface area contributed by atoms with Gasteiger partial charge in [-0.1, -0.05) is 31.5 Å². The average molecular weight is 278 g/mol. The monoisotopic (exact) mass is 278 g/mol. The van der Waals surface area contributed by atoms with E-state index in [-0.39, 0.29) is 18.8 Å². The number of carboxylic acids is 2. The fourth-order valence-corrected chi connectivity index (χ4v) is 1.73. The lowest BCUT2D eigenvalue weighted by atomic mass is 9.62. The number of carbonyl (C=O) groups is 3. The Kier molecular flexibility index (Phi) is 5.55. The molecule has 0 unspecified atom stereocenters. The van der Waals surface area contributed by atoms with Crippen molar-refractivity contribution in [1.82, 2.24) is 5.32 Å². The van der Waals surface area contributed by atoms with Gasteiger partial charge in [0.25, 0.3) is 0 Å². The van der Waals surface area contributed by atoms with Gasteiger partial charge in [-0.25, -0.2) is 4.79 Å². The van der Waals surface area contributed by atoms with E-state index in [1.54, 1.807) is 13.4 Å². The van der Waals surface area contributed by atoms with Crippen LogP contribution in [0, 0.1) is 5.92 Å². The van der Waals surface area contributed by atoms with Crippen LogP contribution in [0.2, 0.25) is 0 Å². The van der Waals surface area contributed by atoms with Crippen LogP contribution < -0.4 is 5.32 Å². The van der Waals surface area contributed by atoms with Crippen molar-refractivity contribution < 1.29 is 24.6 Å².